The van der Waals surface area contributed by atoms with Crippen molar-refractivity contribution in [1.29, 1.82) is 0 Å². The molecule has 4 N–H and O–H groups in total. The maximum atomic E-state index is 12.3. The molecule has 1 aliphatic rings. The summed E-state index contributed by atoms with van der Waals surface area (Å²) in [6.07, 6.45) is 1.81. The largest absolute Gasteiger partial charge is 0.507 e. The molecule has 0 amide bonds. The summed E-state index contributed by atoms with van der Waals surface area (Å²) in [5.41, 5.74) is 0.458. The van der Waals surface area contributed by atoms with E-state index in [9.17, 15) is 20.1 Å². The highest BCUT2D eigenvalue weighted by atomic mass is 16.5. The summed E-state index contributed by atoms with van der Waals surface area (Å²) in [7, 11) is 0. The summed E-state index contributed by atoms with van der Waals surface area (Å²) < 4.78 is 10.7. The summed E-state index contributed by atoms with van der Waals surface area (Å²) in [6.45, 7) is 0.328. The number of ether oxygens (including phenoxy) is 2. The van der Waals surface area contributed by atoms with Gasteiger partial charge in [0.2, 0.25) is 11.5 Å². The molecule has 0 spiro atoms. The first-order valence-electron chi connectivity index (χ1n) is 7.57. The van der Waals surface area contributed by atoms with E-state index in [1.807, 2.05) is 0 Å². The van der Waals surface area contributed by atoms with E-state index in [0.717, 1.165) is 0 Å². The number of phenols is 3. The number of benzene rings is 2. The third kappa shape index (κ3) is 3.22. The zero-order chi connectivity index (χ0) is 18.0. The van der Waals surface area contributed by atoms with Gasteiger partial charge in [-0.3, -0.25) is 4.79 Å². The van der Waals surface area contributed by atoms with Crippen LogP contribution in [0, 0.1) is 0 Å². The van der Waals surface area contributed by atoms with Crippen molar-refractivity contribution in [3.8, 4) is 28.7 Å². The molecule has 0 atom stereocenters. The van der Waals surface area contributed by atoms with Crippen LogP contribution in [0.15, 0.2) is 36.1 Å². The minimum absolute atomic E-state index is 0.0125. The van der Waals surface area contributed by atoms with Gasteiger partial charge in [0.25, 0.3) is 0 Å². The molecule has 130 valence electrons. The number of hydrogen-bond acceptors (Lipinski definition) is 7. The number of hydrogen-bond donors (Lipinski definition) is 4. The zero-order valence-corrected chi connectivity index (χ0v) is 13.1. The Morgan fingerprint density at radius 1 is 1.08 bits per heavy atom. The molecule has 2 aromatic carbocycles. The van der Waals surface area contributed by atoms with E-state index in [2.05, 4.69) is 0 Å². The van der Waals surface area contributed by atoms with E-state index >= 15 is 0 Å². The van der Waals surface area contributed by atoms with Crippen LogP contribution in [0.4, 0.5) is 0 Å². The molecule has 0 unspecified atom stereocenters. The number of carbonyl (C=O) groups is 1. The molecule has 0 saturated carbocycles. The van der Waals surface area contributed by atoms with Crippen LogP contribution in [0.1, 0.15) is 22.3 Å². The lowest BCUT2D eigenvalue weighted by Crippen LogP contribution is -2.00. The molecule has 0 fully saturated rings. The molecular formula is C18H16O7. The molecule has 7 nitrogen and oxygen atoms in total. The van der Waals surface area contributed by atoms with Crippen molar-refractivity contribution >= 4 is 11.9 Å². The van der Waals surface area contributed by atoms with Crippen LogP contribution in [0.3, 0.4) is 0 Å². The molecule has 0 radical (unpaired) electrons. The van der Waals surface area contributed by atoms with Crippen molar-refractivity contribution in [1.82, 2.24) is 0 Å². The highest BCUT2D eigenvalue weighted by Gasteiger charge is 2.31. The number of Topliss-reactive ketones (excluding diaryl/α,β-unsaturated/α-hetero) is 1. The molecule has 7 heteroatoms. The molecule has 0 aromatic heterocycles. The minimum atomic E-state index is -0.508. The first-order valence-corrected chi connectivity index (χ1v) is 7.57. The first kappa shape index (κ1) is 16.7. The minimum Gasteiger partial charge on any atom is -0.507 e. The summed E-state index contributed by atoms with van der Waals surface area (Å²) >= 11 is 0. The first-order chi connectivity index (χ1) is 12.0. The van der Waals surface area contributed by atoms with Gasteiger partial charge in [0.15, 0.2) is 17.3 Å². The summed E-state index contributed by atoms with van der Waals surface area (Å²) in [5, 5.41) is 38.1. The second kappa shape index (κ2) is 6.74. The molecule has 1 heterocycles. The standard InChI is InChI=1S/C18H16O7/c19-6-1-7-24-11-3-2-10(14(21)9-11)8-15-16(22)12-4-5-13(20)17(23)18(12)25-15/h2-5,8-9,19-21,23H,1,6-7H2/b15-8-. The average molecular weight is 344 g/mol. The van der Waals surface area contributed by atoms with Gasteiger partial charge < -0.3 is 29.9 Å². The van der Waals surface area contributed by atoms with Crippen molar-refractivity contribution in [2.75, 3.05) is 13.2 Å². The van der Waals surface area contributed by atoms with Gasteiger partial charge in [-0.2, -0.15) is 0 Å². The number of carbonyl (C=O) groups excluding carboxylic acids is 1. The van der Waals surface area contributed by atoms with Crippen LogP contribution >= 0.6 is 0 Å². The lowest BCUT2D eigenvalue weighted by Gasteiger charge is -2.07. The van der Waals surface area contributed by atoms with Crippen LogP contribution in [-0.4, -0.2) is 39.4 Å². The van der Waals surface area contributed by atoms with Gasteiger partial charge in [0.05, 0.1) is 12.2 Å². The third-order valence-corrected chi connectivity index (χ3v) is 3.65. The monoisotopic (exact) mass is 344 g/mol. The quantitative estimate of drug-likeness (QED) is 0.373. The zero-order valence-electron chi connectivity index (χ0n) is 13.1. The number of aliphatic hydroxyl groups excluding tert-OH is 1. The van der Waals surface area contributed by atoms with E-state index in [4.69, 9.17) is 14.6 Å². The van der Waals surface area contributed by atoms with Crippen LogP contribution in [0.25, 0.3) is 6.08 Å². The SMILES string of the molecule is O=C1/C(=C/c2ccc(OCCCO)cc2O)Oc2c1ccc(O)c2O. The third-order valence-electron chi connectivity index (χ3n) is 3.65. The fourth-order valence-electron chi connectivity index (χ4n) is 2.36. The molecular weight excluding hydrogens is 328 g/mol. The molecule has 2 aromatic rings. The lowest BCUT2D eigenvalue weighted by atomic mass is 10.1. The molecule has 1 aliphatic heterocycles. The maximum absolute atomic E-state index is 12.3. The molecule has 0 saturated heterocycles. The number of aliphatic hydroxyl groups is 1. The van der Waals surface area contributed by atoms with Crippen molar-refractivity contribution in [3.05, 3.63) is 47.2 Å². The van der Waals surface area contributed by atoms with Crippen molar-refractivity contribution in [3.63, 3.8) is 0 Å². The second-order valence-electron chi connectivity index (χ2n) is 5.40. The van der Waals surface area contributed by atoms with Crippen molar-refractivity contribution in [2.24, 2.45) is 0 Å². The summed E-state index contributed by atoms with van der Waals surface area (Å²) in [4.78, 5) is 12.3. The van der Waals surface area contributed by atoms with E-state index in [0.29, 0.717) is 24.3 Å². The van der Waals surface area contributed by atoms with Crippen LogP contribution in [-0.2, 0) is 0 Å². The number of rotatable bonds is 5. The Balaban J connectivity index is 1.84. The molecule has 0 bridgehead atoms. The molecule has 3 rings (SSSR count). The predicted octanol–water partition coefficient (Wildman–Crippen LogP) is 2.18. The summed E-state index contributed by atoms with van der Waals surface area (Å²) in [6, 6.07) is 7.10. The summed E-state index contributed by atoms with van der Waals surface area (Å²) in [5.74, 6) is -1.25. The van der Waals surface area contributed by atoms with Gasteiger partial charge in [-0.25, -0.2) is 0 Å². The van der Waals surface area contributed by atoms with E-state index < -0.39 is 11.5 Å². The lowest BCUT2D eigenvalue weighted by molar-refractivity contribution is 0.101. The normalized spacial score (nSPS) is 14.4. The van der Waals surface area contributed by atoms with Crippen molar-refractivity contribution in [2.45, 2.75) is 6.42 Å². The maximum Gasteiger partial charge on any atom is 0.232 e. The van der Waals surface area contributed by atoms with Gasteiger partial charge in [-0.05, 0) is 30.3 Å². The number of allylic oxidation sites excluding steroid dienone is 1. The predicted molar refractivity (Wildman–Crippen MR) is 88.0 cm³/mol. The van der Waals surface area contributed by atoms with Crippen molar-refractivity contribution < 1.29 is 34.7 Å². The fourth-order valence-corrected chi connectivity index (χ4v) is 2.36. The Morgan fingerprint density at radius 3 is 2.60 bits per heavy atom. The second-order valence-corrected chi connectivity index (χ2v) is 5.40. The Kier molecular flexibility index (Phi) is 4.49. The number of phenolic OH excluding ortho intramolecular Hbond substituents is 3. The van der Waals surface area contributed by atoms with Gasteiger partial charge in [0.1, 0.15) is 11.5 Å². The Morgan fingerprint density at radius 2 is 1.88 bits per heavy atom. The van der Waals surface area contributed by atoms with E-state index in [1.54, 1.807) is 12.1 Å². The highest BCUT2D eigenvalue weighted by molar-refractivity contribution is 6.15. The molecule has 0 aliphatic carbocycles. The number of ketones is 1. The van der Waals surface area contributed by atoms with Crippen LogP contribution in [0.5, 0.6) is 28.7 Å². The van der Waals surface area contributed by atoms with Crippen LogP contribution < -0.4 is 9.47 Å². The Labute approximate surface area is 143 Å². The van der Waals surface area contributed by atoms with E-state index in [-0.39, 0.29) is 35.2 Å². The van der Waals surface area contributed by atoms with Crippen LogP contribution in [0.2, 0.25) is 0 Å². The van der Waals surface area contributed by atoms with E-state index in [1.165, 1.54) is 24.3 Å². The number of aromatic hydroxyl groups is 3. The Bertz CT molecular complexity index is 855. The topological polar surface area (TPSA) is 116 Å². The fraction of sp³-hybridized carbons (Fsp3) is 0.167. The van der Waals surface area contributed by atoms with Gasteiger partial charge in [0, 0.05) is 24.7 Å². The van der Waals surface area contributed by atoms with Gasteiger partial charge >= 0.3 is 0 Å². The highest BCUT2D eigenvalue weighted by Crippen LogP contribution is 2.44. The molecule has 25 heavy (non-hydrogen) atoms. The van der Waals surface area contributed by atoms with Gasteiger partial charge in [-0.15, -0.1) is 0 Å². The van der Waals surface area contributed by atoms with Gasteiger partial charge in [-0.1, -0.05) is 0 Å². The average Bonchev–Trinajstić information content (AvgIpc) is 2.91. The smallest absolute Gasteiger partial charge is 0.232 e. The Hall–Kier alpha value is -3.19. The number of fused-ring (bicyclic) bond motifs is 1.